The lowest BCUT2D eigenvalue weighted by atomic mass is 10.1. The molecule has 1 heterocycles. The van der Waals surface area contributed by atoms with Crippen molar-refractivity contribution < 1.29 is 4.39 Å². The van der Waals surface area contributed by atoms with Gasteiger partial charge in [-0.3, -0.25) is 0 Å². The average Bonchev–Trinajstić information content (AvgIpc) is 2.43. The van der Waals surface area contributed by atoms with Crippen molar-refractivity contribution in [1.82, 2.24) is 9.97 Å². The summed E-state index contributed by atoms with van der Waals surface area (Å²) in [7, 11) is 1.80. The Bertz CT molecular complexity index is 608. The van der Waals surface area contributed by atoms with Gasteiger partial charge in [0, 0.05) is 13.6 Å². The molecular weight excluding hydrogens is 323 g/mol. The van der Waals surface area contributed by atoms with Crippen LogP contribution in [-0.4, -0.2) is 17.0 Å². The maximum atomic E-state index is 13.6. The van der Waals surface area contributed by atoms with E-state index in [-0.39, 0.29) is 5.82 Å². The second-order valence-corrected chi connectivity index (χ2v) is 5.33. The molecule has 6 heteroatoms. The van der Waals surface area contributed by atoms with Crippen molar-refractivity contribution >= 4 is 27.6 Å². The maximum Gasteiger partial charge on any atom is 0.146 e. The summed E-state index contributed by atoms with van der Waals surface area (Å²) >= 11 is 3.45. The molecule has 0 saturated heterocycles. The van der Waals surface area contributed by atoms with E-state index in [0.717, 1.165) is 10.0 Å². The van der Waals surface area contributed by atoms with E-state index in [1.54, 1.807) is 20.9 Å². The third kappa shape index (κ3) is 3.07. The molecule has 2 aromatic rings. The highest BCUT2D eigenvalue weighted by Gasteiger charge is 2.08. The van der Waals surface area contributed by atoms with Crippen LogP contribution in [0.25, 0.3) is 0 Å². The highest BCUT2D eigenvalue weighted by atomic mass is 79.9. The van der Waals surface area contributed by atoms with Gasteiger partial charge < -0.3 is 10.6 Å². The Labute approximate surface area is 126 Å². The number of benzene rings is 1. The van der Waals surface area contributed by atoms with E-state index in [9.17, 15) is 4.39 Å². The monoisotopic (exact) mass is 338 g/mol. The van der Waals surface area contributed by atoms with Gasteiger partial charge in [0.15, 0.2) is 0 Å². The molecule has 1 aromatic heterocycles. The van der Waals surface area contributed by atoms with E-state index in [1.807, 2.05) is 12.1 Å². The van der Waals surface area contributed by atoms with Gasteiger partial charge >= 0.3 is 0 Å². The van der Waals surface area contributed by atoms with Crippen LogP contribution in [0.4, 0.5) is 16.0 Å². The van der Waals surface area contributed by atoms with Crippen molar-refractivity contribution in [2.24, 2.45) is 0 Å². The number of aromatic nitrogens is 2. The molecule has 2 rings (SSSR count). The molecule has 0 unspecified atom stereocenters. The fourth-order valence-electron chi connectivity index (χ4n) is 1.99. The van der Waals surface area contributed by atoms with Gasteiger partial charge in [-0.2, -0.15) is 0 Å². The number of nitrogens with one attached hydrogen (secondary N) is 2. The summed E-state index contributed by atoms with van der Waals surface area (Å²) in [5.41, 5.74) is 2.32. The lowest BCUT2D eigenvalue weighted by Gasteiger charge is -2.11. The minimum Gasteiger partial charge on any atom is -0.372 e. The zero-order valence-corrected chi connectivity index (χ0v) is 13.2. The van der Waals surface area contributed by atoms with Crippen LogP contribution in [0.1, 0.15) is 16.7 Å². The van der Waals surface area contributed by atoms with Crippen LogP contribution in [-0.2, 0) is 6.54 Å². The Hall–Kier alpha value is -1.69. The van der Waals surface area contributed by atoms with Crippen molar-refractivity contribution in [1.29, 1.82) is 0 Å². The first-order valence-corrected chi connectivity index (χ1v) is 7.00. The number of aryl methyl sites for hydroxylation is 2. The van der Waals surface area contributed by atoms with Gasteiger partial charge in [-0.15, -0.1) is 0 Å². The first-order chi connectivity index (χ1) is 9.52. The Balaban J connectivity index is 2.17. The summed E-state index contributed by atoms with van der Waals surface area (Å²) in [5.74, 6) is 1.27. The van der Waals surface area contributed by atoms with E-state index in [2.05, 4.69) is 36.5 Å². The van der Waals surface area contributed by atoms with Crippen LogP contribution in [0.3, 0.4) is 0 Å². The van der Waals surface area contributed by atoms with Crippen LogP contribution in [0.5, 0.6) is 0 Å². The molecule has 0 fully saturated rings. The van der Waals surface area contributed by atoms with E-state index in [1.165, 1.54) is 6.33 Å². The predicted molar refractivity (Wildman–Crippen MR) is 82.5 cm³/mol. The van der Waals surface area contributed by atoms with Gasteiger partial charge in [-0.1, -0.05) is 12.1 Å². The third-order valence-electron chi connectivity index (χ3n) is 2.98. The van der Waals surface area contributed by atoms with Crippen molar-refractivity contribution in [3.8, 4) is 0 Å². The number of nitrogens with zero attached hydrogens (tertiary/aromatic N) is 2. The minimum absolute atomic E-state index is 0.144. The fraction of sp³-hybridized carbons (Fsp3) is 0.286. The first kappa shape index (κ1) is 14.7. The van der Waals surface area contributed by atoms with Crippen LogP contribution >= 0.6 is 15.9 Å². The van der Waals surface area contributed by atoms with Crippen molar-refractivity contribution in [2.45, 2.75) is 20.4 Å². The lowest BCUT2D eigenvalue weighted by Crippen LogP contribution is -2.05. The summed E-state index contributed by atoms with van der Waals surface area (Å²) in [6, 6.07) is 3.67. The summed E-state index contributed by atoms with van der Waals surface area (Å²) in [6.45, 7) is 4.11. The molecule has 0 bridgehead atoms. The van der Waals surface area contributed by atoms with Crippen LogP contribution in [0, 0.1) is 19.7 Å². The van der Waals surface area contributed by atoms with Gasteiger partial charge in [0.25, 0.3) is 0 Å². The van der Waals surface area contributed by atoms with E-state index in [0.29, 0.717) is 29.3 Å². The normalized spacial score (nSPS) is 10.4. The van der Waals surface area contributed by atoms with E-state index in [4.69, 9.17) is 0 Å². The second-order valence-electron chi connectivity index (χ2n) is 4.53. The fourth-order valence-corrected chi connectivity index (χ4v) is 2.53. The largest absolute Gasteiger partial charge is 0.372 e. The van der Waals surface area contributed by atoms with Gasteiger partial charge in [-0.05, 0) is 46.5 Å². The second kappa shape index (κ2) is 6.17. The number of hydrogen-bond donors (Lipinski definition) is 2. The Morgan fingerprint density at radius 2 is 1.75 bits per heavy atom. The molecule has 0 spiro atoms. The smallest absolute Gasteiger partial charge is 0.146 e. The molecule has 0 radical (unpaired) electrons. The molecule has 20 heavy (non-hydrogen) atoms. The van der Waals surface area contributed by atoms with Gasteiger partial charge in [0.1, 0.15) is 28.3 Å². The van der Waals surface area contributed by atoms with E-state index >= 15 is 0 Å². The predicted octanol–water partition coefficient (Wildman–Crippen LogP) is 3.65. The van der Waals surface area contributed by atoms with Crippen LogP contribution < -0.4 is 10.6 Å². The molecule has 0 aliphatic carbocycles. The number of halogens is 2. The number of hydrogen-bond acceptors (Lipinski definition) is 4. The van der Waals surface area contributed by atoms with Gasteiger partial charge in [-0.25, -0.2) is 14.4 Å². The zero-order valence-electron chi connectivity index (χ0n) is 11.6. The Morgan fingerprint density at radius 3 is 2.35 bits per heavy atom. The topological polar surface area (TPSA) is 49.8 Å². The van der Waals surface area contributed by atoms with Gasteiger partial charge in [0.05, 0.1) is 0 Å². The minimum atomic E-state index is -0.144. The molecule has 0 amide bonds. The highest BCUT2D eigenvalue weighted by molar-refractivity contribution is 9.10. The van der Waals surface area contributed by atoms with Crippen molar-refractivity contribution in [3.63, 3.8) is 0 Å². The lowest BCUT2D eigenvalue weighted by molar-refractivity contribution is 0.608. The molecular formula is C14H16BrFN4. The van der Waals surface area contributed by atoms with Gasteiger partial charge in [0.2, 0.25) is 0 Å². The molecule has 4 nitrogen and oxygen atoms in total. The van der Waals surface area contributed by atoms with Crippen molar-refractivity contribution in [3.05, 3.63) is 45.4 Å². The SMILES string of the molecule is CNc1ncnc(NCc2cc(C)c(F)c(C)c2)c1Br. The Kier molecular flexibility index (Phi) is 4.54. The Morgan fingerprint density at radius 1 is 1.15 bits per heavy atom. The molecule has 1 aromatic carbocycles. The molecule has 0 aliphatic rings. The number of rotatable bonds is 4. The maximum absolute atomic E-state index is 13.6. The molecule has 0 atom stereocenters. The molecule has 2 N–H and O–H groups in total. The van der Waals surface area contributed by atoms with Crippen LogP contribution in [0.15, 0.2) is 22.9 Å². The molecule has 106 valence electrons. The molecule has 0 saturated carbocycles. The first-order valence-electron chi connectivity index (χ1n) is 6.20. The highest BCUT2D eigenvalue weighted by Crippen LogP contribution is 2.26. The number of anilines is 2. The molecule has 0 aliphatic heterocycles. The quantitative estimate of drug-likeness (QED) is 0.893. The summed E-state index contributed by atoms with van der Waals surface area (Å²) in [6.07, 6.45) is 1.49. The van der Waals surface area contributed by atoms with Crippen LogP contribution in [0.2, 0.25) is 0 Å². The standard InChI is InChI=1S/C14H16BrFN4/c1-8-4-10(5-9(2)12(8)16)6-18-14-11(15)13(17-3)19-7-20-14/h4-5,7H,6H2,1-3H3,(H2,17,18,19,20). The third-order valence-corrected chi connectivity index (χ3v) is 3.73. The van der Waals surface area contributed by atoms with Crippen molar-refractivity contribution in [2.75, 3.05) is 17.7 Å². The summed E-state index contributed by atoms with van der Waals surface area (Å²) < 4.78 is 14.4. The summed E-state index contributed by atoms with van der Waals surface area (Å²) in [4.78, 5) is 8.27. The van der Waals surface area contributed by atoms with E-state index < -0.39 is 0 Å². The average molecular weight is 339 g/mol. The summed E-state index contributed by atoms with van der Waals surface area (Å²) in [5, 5.41) is 6.19. The zero-order chi connectivity index (χ0) is 14.7.